The van der Waals surface area contributed by atoms with Crippen molar-refractivity contribution in [1.29, 1.82) is 5.26 Å². The number of aryl methyl sites for hydroxylation is 1. The first kappa shape index (κ1) is 14.1. The second kappa shape index (κ2) is 6.77. The Bertz CT molecular complexity index is 433. The van der Waals surface area contributed by atoms with Gasteiger partial charge in [-0.25, -0.2) is 0 Å². The molecule has 1 aliphatic rings. The van der Waals surface area contributed by atoms with Crippen molar-refractivity contribution in [3.63, 3.8) is 0 Å². The maximum atomic E-state index is 8.92. The topological polar surface area (TPSA) is 40.8 Å². The molecule has 0 bridgehead atoms. The molecular weight excluding hydrogens is 234 g/mol. The van der Waals surface area contributed by atoms with Gasteiger partial charge in [0, 0.05) is 19.8 Å². The van der Waals surface area contributed by atoms with Gasteiger partial charge in [-0.2, -0.15) is 5.26 Å². The van der Waals surface area contributed by atoms with Crippen molar-refractivity contribution >= 4 is 0 Å². The second-order valence-corrected chi connectivity index (χ2v) is 5.88. The van der Waals surface area contributed by atoms with Gasteiger partial charge in [0.05, 0.1) is 0 Å². The minimum absolute atomic E-state index is 0.736. The molecule has 1 fully saturated rings. The van der Waals surface area contributed by atoms with E-state index >= 15 is 0 Å². The zero-order valence-corrected chi connectivity index (χ0v) is 12.2. The molecule has 3 heteroatoms. The number of nitriles is 1. The Morgan fingerprint density at radius 1 is 1.32 bits per heavy atom. The van der Waals surface area contributed by atoms with Crippen LogP contribution in [0, 0.1) is 23.2 Å². The summed E-state index contributed by atoms with van der Waals surface area (Å²) in [7, 11) is 1.92. The van der Waals surface area contributed by atoms with Crippen LogP contribution in [0.3, 0.4) is 0 Å². The van der Waals surface area contributed by atoms with Crippen molar-refractivity contribution in [2.24, 2.45) is 18.9 Å². The van der Waals surface area contributed by atoms with Gasteiger partial charge in [0.1, 0.15) is 11.8 Å². The Morgan fingerprint density at radius 2 is 2.00 bits per heavy atom. The van der Waals surface area contributed by atoms with E-state index in [0.29, 0.717) is 0 Å². The van der Waals surface area contributed by atoms with Crippen LogP contribution in [0.2, 0.25) is 0 Å². The summed E-state index contributed by atoms with van der Waals surface area (Å²) >= 11 is 0. The molecule has 1 aromatic heterocycles. The van der Waals surface area contributed by atoms with Gasteiger partial charge >= 0.3 is 0 Å². The Morgan fingerprint density at radius 3 is 2.58 bits per heavy atom. The van der Waals surface area contributed by atoms with Crippen molar-refractivity contribution < 1.29 is 0 Å². The third-order valence-corrected chi connectivity index (χ3v) is 4.48. The van der Waals surface area contributed by atoms with E-state index in [1.54, 1.807) is 0 Å². The van der Waals surface area contributed by atoms with E-state index in [2.05, 4.69) is 18.3 Å². The van der Waals surface area contributed by atoms with Crippen LogP contribution in [0.15, 0.2) is 12.3 Å². The molecule has 1 aliphatic carbocycles. The van der Waals surface area contributed by atoms with Crippen LogP contribution < -0.4 is 5.32 Å². The molecule has 0 unspecified atom stereocenters. The van der Waals surface area contributed by atoms with Crippen LogP contribution in [0.4, 0.5) is 0 Å². The van der Waals surface area contributed by atoms with Crippen molar-refractivity contribution in [2.75, 3.05) is 6.54 Å². The highest BCUT2D eigenvalue weighted by Gasteiger charge is 2.19. The molecule has 0 spiro atoms. The monoisotopic (exact) mass is 259 g/mol. The van der Waals surface area contributed by atoms with E-state index in [4.69, 9.17) is 5.26 Å². The van der Waals surface area contributed by atoms with Gasteiger partial charge in [0.25, 0.3) is 0 Å². The fourth-order valence-corrected chi connectivity index (χ4v) is 3.11. The molecule has 2 rings (SSSR count). The Kier molecular flexibility index (Phi) is 5.04. The minimum Gasteiger partial charge on any atom is -0.342 e. The van der Waals surface area contributed by atoms with Crippen LogP contribution in [0.25, 0.3) is 0 Å². The number of nitrogens with one attached hydrogen (secondary N) is 1. The lowest BCUT2D eigenvalue weighted by Crippen LogP contribution is -2.26. The van der Waals surface area contributed by atoms with Crippen LogP contribution in [0.1, 0.15) is 50.3 Å². The largest absolute Gasteiger partial charge is 0.342 e. The Balaban J connectivity index is 1.71. The maximum absolute atomic E-state index is 8.92. The van der Waals surface area contributed by atoms with E-state index in [1.807, 2.05) is 23.9 Å². The summed E-state index contributed by atoms with van der Waals surface area (Å²) in [6.07, 6.45) is 8.97. The average molecular weight is 259 g/mol. The van der Waals surface area contributed by atoms with Gasteiger partial charge in [0.15, 0.2) is 0 Å². The summed E-state index contributed by atoms with van der Waals surface area (Å²) in [5.74, 6) is 1.82. The standard InChI is InChI=1S/C16H25N3/c1-3-13-4-6-14(7-5-13)10-18-11-15-8-16(9-17)19(2)12-15/h8,12-14,18H,3-7,10-11H2,1-2H3. The summed E-state index contributed by atoms with van der Waals surface area (Å²) in [6, 6.07) is 4.18. The Labute approximate surface area is 116 Å². The molecule has 104 valence electrons. The normalized spacial score (nSPS) is 23.2. The quantitative estimate of drug-likeness (QED) is 0.882. The fraction of sp³-hybridized carbons (Fsp3) is 0.688. The summed E-state index contributed by atoms with van der Waals surface area (Å²) in [4.78, 5) is 0. The van der Waals surface area contributed by atoms with Crippen molar-refractivity contribution in [3.8, 4) is 6.07 Å². The lowest BCUT2D eigenvalue weighted by Gasteiger charge is -2.27. The summed E-state index contributed by atoms with van der Waals surface area (Å²) in [5.41, 5.74) is 1.95. The first-order valence-corrected chi connectivity index (χ1v) is 7.49. The molecule has 1 aromatic rings. The van der Waals surface area contributed by atoms with Gasteiger partial charge < -0.3 is 9.88 Å². The van der Waals surface area contributed by atoms with Crippen LogP contribution in [0.5, 0.6) is 0 Å². The molecule has 3 nitrogen and oxygen atoms in total. The van der Waals surface area contributed by atoms with Crippen LogP contribution in [-0.2, 0) is 13.6 Å². The molecule has 0 amide bonds. The van der Waals surface area contributed by atoms with Crippen molar-refractivity contribution in [3.05, 3.63) is 23.5 Å². The zero-order chi connectivity index (χ0) is 13.7. The highest BCUT2D eigenvalue weighted by Crippen LogP contribution is 2.30. The number of aromatic nitrogens is 1. The minimum atomic E-state index is 0.736. The van der Waals surface area contributed by atoms with Gasteiger partial charge in [-0.05, 0) is 42.9 Å². The predicted octanol–water partition coefficient (Wildman–Crippen LogP) is 3.20. The van der Waals surface area contributed by atoms with Crippen molar-refractivity contribution in [2.45, 2.75) is 45.6 Å². The molecule has 1 N–H and O–H groups in total. The molecule has 0 atom stereocenters. The van der Waals surface area contributed by atoms with Gasteiger partial charge in [-0.1, -0.05) is 26.2 Å². The van der Waals surface area contributed by atoms with E-state index in [9.17, 15) is 0 Å². The molecule has 19 heavy (non-hydrogen) atoms. The molecule has 1 saturated carbocycles. The predicted molar refractivity (Wildman–Crippen MR) is 77.6 cm³/mol. The van der Waals surface area contributed by atoms with Gasteiger partial charge in [0.2, 0.25) is 0 Å². The van der Waals surface area contributed by atoms with E-state index < -0.39 is 0 Å². The number of hydrogen-bond donors (Lipinski definition) is 1. The smallest absolute Gasteiger partial charge is 0.120 e. The first-order chi connectivity index (χ1) is 9.22. The molecular formula is C16H25N3. The summed E-state index contributed by atoms with van der Waals surface area (Å²) < 4.78 is 1.89. The number of hydrogen-bond acceptors (Lipinski definition) is 2. The highest BCUT2D eigenvalue weighted by molar-refractivity contribution is 5.28. The molecule has 0 saturated heterocycles. The summed E-state index contributed by atoms with van der Waals surface area (Å²) in [5, 5.41) is 12.5. The second-order valence-electron chi connectivity index (χ2n) is 5.88. The average Bonchev–Trinajstić information content (AvgIpc) is 2.80. The molecule has 0 aromatic carbocycles. The van der Waals surface area contributed by atoms with E-state index in [1.165, 1.54) is 37.7 Å². The SMILES string of the molecule is CCC1CCC(CNCc2cc(C#N)n(C)c2)CC1. The van der Waals surface area contributed by atoms with Crippen molar-refractivity contribution in [1.82, 2.24) is 9.88 Å². The molecule has 0 aliphatic heterocycles. The van der Waals surface area contributed by atoms with Gasteiger partial charge in [-0.3, -0.25) is 0 Å². The van der Waals surface area contributed by atoms with Crippen LogP contribution >= 0.6 is 0 Å². The number of nitrogens with zero attached hydrogens (tertiary/aromatic N) is 2. The fourth-order valence-electron chi connectivity index (χ4n) is 3.11. The van der Waals surface area contributed by atoms with Gasteiger partial charge in [-0.15, -0.1) is 0 Å². The molecule has 0 radical (unpaired) electrons. The van der Waals surface area contributed by atoms with E-state index in [0.717, 1.165) is 30.6 Å². The Hall–Kier alpha value is -1.27. The first-order valence-electron chi connectivity index (χ1n) is 7.49. The van der Waals surface area contributed by atoms with Crippen LogP contribution in [-0.4, -0.2) is 11.1 Å². The lowest BCUT2D eigenvalue weighted by atomic mass is 9.81. The lowest BCUT2D eigenvalue weighted by molar-refractivity contribution is 0.262. The highest BCUT2D eigenvalue weighted by atomic mass is 14.9. The zero-order valence-electron chi connectivity index (χ0n) is 12.2. The summed E-state index contributed by atoms with van der Waals surface area (Å²) in [6.45, 7) is 4.31. The third-order valence-electron chi connectivity index (χ3n) is 4.48. The van der Waals surface area contributed by atoms with E-state index in [-0.39, 0.29) is 0 Å². The number of rotatable bonds is 5. The maximum Gasteiger partial charge on any atom is 0.120 e. The molecule has 1 heterocycles. The third kappa shape index (κ3) is 3.84.